The van der Waals surface area contributed by atoms with E-state index >= 15 is 0 Å². The molecule has 0 bridgehead atoms. The van der Waals surface area contributed by atoms with Crippen LogP contribution in [-0.2, 0) is 11.3 Å². The summed E-state index contributed by atoms with van der Waals surface area (Å²) in [4.78, 5) is 24.0. The maximum absolute atomic E-state index is 12.3. The summed E-state index contributed by atoms with van der Waals surface area (Å²) in [5, 5.41) is 10.9. The number of fused-ring (bicyclic) bond motifs is 1. The van der Waals surface area contributed by atoms with Crippen molar-refractivity contribution in [2.75, 3.05) is 0 Å². The maximum atomic E-state index is 12.3. The summed E-state index contributed by atoms with van der Waals surface area (Å²) in [7, 11) is 0. The number of rotatable bonds is 4. The second-order valence-corrected chi connectivity index (χ2v) is 6.29. The minimum Gasteiger partial charge on any atom is -0.550 e. The van der Waals surface area contributed by atoms with E-state index in [-0.39, 0.29) is 35.5 Å². The van der Waals surface area contributed by atoms with Crippen LogP contribution in [-0.4, -0.2) is 16.2 Å². The fourth-order valence-corrected chi connectivity index (χ4v) is 3.28. The summed E-state index contributed by atoms with van der Waals surface area (Å²) >= 11 is 1.37. The van der Waals surface area contributed by atoms with Crippen LogP contribution in [0.15, 0.2) is 53.4 Å². The van der Waals surface area contributed by atoms with Crippen LogP contribution in [0.25, 0.3) is 0 Å². The largest absolute Gasteiger partial charge is 1.00 e. The van der Waals surface area contributed by atoms with Gasteiger partial charge in [0.25, 0.3) is 5.91 Å². The summed E-state index contributed by atoms with van der Waals surface area (Å²) < 4.78 is 1.71. The van der Waals surface area contributed by atoms with Crippen molar-refractivity contribution in [3.63, 3.8) is 0 Å². The van der Waals surface area contributed by atoms with Gasteiger partial charge in [0.1, 0.15) is 0 Å². The number of nitrogens with zero attached hydrogens (tertiary/aromatic N) is 1. The summed E-state index contributed by atoms with van der Waals surface area (Å²) in [5.74, 6) is -1.73. The predicted octanol–water partition coefficient (Wildman–Crippen LogP) is -0.793. The summed E-state index contributed by atoms with van der Waals surface area (Å²) in [5.41, 5.74) is 2.47. The molecule has 3 rings (SSSR count). The van der Waals surface area contributed by atoms with Gasteiger partial charge in [0, 0.05) is 22.3 Å². The third-order valence-corrected chi connectivity index (χ3v) is 4.74. The van der Waals surface area contributed by atoms with E-state index in [0.29, 0.717) is 12.1 Å². The zero-order valence-corrected chi connectivity index (χ0v) is 15.8. The minimum atomic E-state index is -1.09. The number of benzene rings is 2. The van der Waals surface area contributed by atoms with Crippen LogP contribution in [0.3, 0.4) is 0 Å². The molecule has 2 aromatic rings. The first-order valence-electron chi connectivity index (χ1n) is 6.95. The maximum Gasteiger partial charge on any atom is 1.00 e. The SMILES string of the molecule is C[C@@H](C(=O)[O-])c1ccc(SN2Cc3ccccc3C2=O)cc1.[Na+]. The Labute approximate surface area is 161 Å². The van der Waals surface area contributed by atoms with Crippen molar-refractivity contribution in [2.45, 2.75) is 24.3 Å². The first-order valence-corrected chi connectivity index (χ1v) is 7.72. The molecule has 1 aliphatic rings. The van der Waals surface area contributed by atoms with Crippen LogP contribution in [0.2, 0.25) is 0 Å². The normalized spacial score (nSPS) is 14.1. The molecule has 0 aliphatic carbocycles. The molecule has 0 unspecified atom stereocenters. The molecule has 1 atom stereocenters. The van der Waals surface area contributed by atoms with E-state index in [0.717, 1.165) is 16.0 Å². The number of carbonyl (C=O) groups is 2. The van der Waals surface area contributed by atoms with E-state index in [4.69, 9.17) is 0 Å². The number of hydrogen-bond acceptors (Lipinski definition) is 4. The van der Waals surface area contributed by atoms with Gasteiger partial charge in [0.2, 0.25) is 0 Å². The van der Waals surface area contributed by atoms with E-state index in [2.05, 4.69) is 0 Å². The van der Waals surface area contributed by atoms with Gasteiger partial charge in [-0.05, 0) is 41.3 Å². The Morgan fingerprint density at radius 2 is 1.83 bits per heavy atom. The van der Waals surface area contributed by atoms with E-state index in [9.17, 15) is 14.7 Å². The number of aliphatic carboxylic acids is 1. The van der Waals surface area contributed by atoms with Gasteiger partial charge in [-0.3, -0.25) is 9.10 Å². The molecule has 2 aromatic carbocycles. The molecule has 0 N–H and O–H groups in total. The molecule has 0 spiro atoms. The third kappa shape index (κ3) is 3.80. The van der Waals surface area contributed by atoms with Gasteiger partial charge in [-0.1, -0.05) is 37.3 Å². The fraction of sp³-hybridized carbons (Fsp3) is 0.176. The Morgan fingerprint density at radius 3 is 2.43 bits per heavy atom. The number of carboxylic acids is 1. The number of amides is 1. The van der Waals surface area contributed by atoms with Crippen LogP contribution >= 0.6 is 11.9 Å². The van der Waals surface area contributed by atoms with Crippen LogP contribution in [0.4, 0.5) is 0 Å². The molecule has 1 amide bonds. The molecule has 1 aliphatic heterocycles. The van der Waals surface area contributed by atoms with Gasteiger partial charge in [-0.25, -0.2) is 0 Å². The average Bonchev–Trinajstić information content (AvgIpc) is 2.84. The monoisotopic (exact) mass is 335 g/mol. The second-order valence-electron chi connectivity index (χ2n) is 5.20. The van der Waals surface area contributed by atoms with Crippen LogP contribution < -0.4 is 34.7 Å². The molecule has 23 heavy (non-hydrogen) atoms. The summed E-state index contributed by atoms with van der Waals surface area (Å²) in [6.07, 6.45) is 0. The van der Waals surface area contributed by atoms with Crippen molar-refractivity contribution in [3.8, 4) is 0 Å². The van der Waals surface area contributed by atoms with Gasteiger partial charge in [-0.2, -0.15) is 0 Å². The standard InChI is InChI=1S/C17H15NO3S.Na/c1-11(17(20)21)12-6-8-14(9-7-12)22-18-10-13-4-2-3-5-15(13)16(18)19;/h2-9,11H,10H2,1H3,(H,20,21);/q;+1/p-1/t11-;/m1./s1. The first-order chi connectivity index (χ1) is 10.6. The molecule has 0 saturated carbocycles. The first kappa shape index (κ1) is 18.1. The van der Waals surface area contributed by atoms with E-state index in [1.807, 2.05) is 36.4 Å². The Hall–Kier alpha value is -1.27. The quantitative estimate of drug-likeness (QED) is 0.543. The van der Waals surface area contributed by atoms with Crippen LogP contribution in [0.5, 0.6) is 0 Å². The van der Waals surface area contributed by atoms with Crippen molar-refractivity contribution in [1.82, 2.24) is 4.31 Å². The van der Waals surface area contributed by atoms with Gasteiger partial charge < -0.3 is 9.90 Å². The van der Waals surface area contributed by atoms with Crippen LogP contribution in [0, 0.1) is 0 Å². The molecular weight excluding hydrogens is 321 g/mol. The van der Waals surface area contributed by atoms with Crippen molar-refractivity contribution >= 4 is 23.8 Å². The Morgan fingerprint density at radius 1 is 1.17 bits per heavy atom. The zero-order valence-electron chi connectivity index (χ0n) is 13.0. The molecule has 0 fully saturated rings. The number of hydrogen-bond donors (Lipinski definition) is 0. The fourth-order valence-electron chi connectivity index (χ4n) is 2.38. The number of carboxylic acid groups (broad SMARTS) is 1. The number of carbonyl (C=O) groups excluding carboxylic acids is 2. The topological polar surface area (TPSA) is 60.4 Å². The van der Waals surface area contributed by atoms with Crippen LogP contribution in [0.1, 0.15) is 34.3 Å². The molecule has 0 radical (unpaired) electrons. The molecule has 0 saturated heterocycles. The Bertz CT molecular complexity index is 733. The van der Waals surface area contributed by atoms with Crippen molar-refractivity contribution in [1.29, 1.82) is 0 Å². The van der Waals surface area contributed by atoms with E-state index < -0.39 is 11.9 Å². The molecule has 4 nitrogen and oxygen atoms in total. The van der Waals surface area contributed by atoms with Crippen molar-refractivity contribution < 1.29 is 44.3 Å². The van der Waals surface area contributed by atoms with Gasteiger partial charge in [0.15, 0.2) is 0 Å². The van der Waals surface area contributed by atoms with Gasteiger partial charge in [-0.15, -0.1) is 0 Å². The molecule has 112 valence electrons. The molecular formula is C17H14NNaO3S. The molecule has 1 heterocycles. The van der Waals surface area contributed by atoms with Gasteiger partial charge in [0.05, 0.1) is 6.54 Å². The Balaban J connectivity index is 0.00000192. The second kappa shape index (κ2) is 7.53. The Kier molecular flexibility index (Phi) is 5.92. The summed E-state index contributed by atoms with van der Waals surface area (Å²) in [6.45, 7) is 2.18. The minimum absolute atomic E-state index is 0. The van der Waals surface area contributed by atoms with Crippen molar-refractivity contribution in [2.24, 2.45) is 0 Å². The average molecular weight is 335 g/mol. The molecule has 0 aromatic heterocycles. The van der Waals surface area contributed by atoms with Gasteiger partial charge >= 0.3 is 29.6 Å². The van der Waals surface area contributed by atoms with E-state index in [1.54, 1.807) is 23.4 Å². The molecule has 6 heteroatoms. The van der Waals surface area contributed by atoms with Crippen molar-refractivity contribution in [3.05, 3.63) is 65.2 Å². The third-order valence-electron chi connectivity index (χ3n) is 3.74. The smallest absolute Gasteiger partial charge is 0.550 e. The summed E-state index contributed by atoms with van der Waals surface area (Å²) in [6, 6.07) is 14.8. The van der Waals surface area contributed by atoms with E-state index in [1.165, 1.54) is 11.9 Å². The zero-order chi connectivity index (χ0) is 15.7. The predicted molar refractivity (Wildman–Crippen MR) is 82.0 cm³/mol.